The molecule has 1 aliphatic heterocycles. The second-order valence-electron chi connectivity index (χ2n) is 3.20. The topological polar surface area (TPSA) is 46.5 Å². The number of aliphatic hydroxyl groups is 1. The number of esters is 1. The van der Waals surface area contributed by atoms with Gasteiger partial charge in [-0.05, 0) is 26.3 Å². The predicted octanol–water partition coefficient (Wildman–Crippen LogP) is 2.10. The molecule has 3 heteroatoms. The van der Waals surface area contributed by atoms with Gasteiger partial charge in [0, 0.05) is 6.42 Å². The smallest absolute Gasteiger partial charge is 0.337 e. The van der Waals surface area contributed by atoms with Crippen LogP contribution in [0.4, 0.5) is 0 Å². The molecule has 0 spiro atoms. The fourth-order valence-corrected chi connectivity index (χ4v) is 1.15. The largest absolute Gasteiger partial charge is 0.512 e. The van der Waals surface area contributed by atoms with Crippen molar-refractivity contribution in [3.63, 3.8) is 0 Å². The van der Waals surface area contributed by atoms with Crippen LogP contribution in [0.3, 0.4) is 0 Å². The molecule has 0 radical (unpaired) electrons. The molecule has 1 heterocycles. The minimum absolute atomic E-state index is 0.141. The van der Waals surface area contributed by atoms with Crippen molar-refractivity contribution in [3.05, 3.63) is 23.0 Å². The van der Waals surface area contributed by atoms with E-state index in [2.05, 4.69) is 0 Å². The fourth-order valence-electron chi connectivity index (χ4n) is 1.15. The van der Waals surface area contributed by atoms with Crippen LogP contribution in [0, 0.1) is 0 Å². The summed E-state index contributed by atoms with van der Waals surface area (Å²) >= 11 is 0. The molecule has 3 nitrogen and oxygen atoms in total. The maximum Gasteiger partial charge on any atom is 0.337 e. The summed E-state index contributed by atoms with van der Waals surface area (Å²) in [5.74, 6) is -0.280. The van der Waals surface area contributed by atoms with Crippen LogP contribution in [-0.2, 0) is 9.53 Å². The van der Waals surface area contributed by atoms with E-state index < -0.39 is 5.97 Å². The normalized spacial score (nSPS) is 24.7. The van der Waals surface area contributed by atoms with E-state index in [0.29, 0.717) is 12.0 Å². The Hall–Kier alpha value is -1.25. The molecule has 0 aromatic heterocycles. The van der Waals surface area contributed by atoms with Gasteiger partial charge >= 0.3 is 5.97 Å². The Balaban J connectivity index is 2.86. The van der Waals surface area contributed by atoms with Gasteiger partial charge in [0.1, 0.15) is 11.9 Å². The molecule has 1 unspecified atom stereocenters. The molecular weight excluding hydrogens is 168 g/mol. The third kappa shape index (κ3) is 1.91. The molecule has 13 heavy (non-hydrogen) atoms. The first-order chi connectivity index (χ1) is 6.06. The number of cyclic esters (lactones) is 1. The van der Waals surface area contributed by atoms with Crippen molar-refractivity contribution in [3.8, 4) is 0 Å². The molecule has 0 amide bonds. The van der Waals surface area contributed by atoms with E-state index in [-0.39, 0.29) is 11.9 Å². The SMILES string of the molecule is CC=C(C)C1CC(O)=C(C)C(=O)O1. The highest BCUT2D eigenvalue weighted by atomic mass is 16.5. The lowest BCUT2D eigenvalue weighted by Crippen LogP contribution is -2.26. The van der Waals surface area contributed by atoms with Crippen molar-refractivity contribution in [2.24, 2.45) is 0 Å². The van der Waals surface area contributed by atoms with Gasteiger partial charge in [-0.1, -0.05) is 6.08 Å². The molecule has 0 fully saturated rings. The minimum Gasteiger partial charge on any atom is -0.512 e. The van der Waals surface area contributed by atoms with Gasteiger partial charge in [0.15, 0.2) is 0 Å². The van der Waals surface area contributed by atoms with Crippen molar-refractivity contribution in [1.82, 2.24) is 0 Å². The summed E-state index contributed by atoms with van der Waals surface area (Å²) in [4.78, 5) is 11.2. The van der Waals surface area contributed by atoms with E-state index in [9.17, 15) is 9.90 Å². The minimum atomic E-state index is -0.421. The lowest BCUT2D eigenvalue weighted by molar-refractivity contribution is -0.144. The summed E-state index contributed by atoms with van der Waals surface area (Å²) in [7, 11) is 0. The lowest BCUT2D eigenvalue weighted by atomic mass is 10.0. The van der Waals surface area contributed by atoms with E-state index in [1.165, 1.54) is 0 Å². The number of carbonyl (C=O) groups excluding carboxylic acids is 1. The van der Waals surface area contributed by atoms with Gasteiger partial charge in [0.2, 0.25) is 0 Å². The Labute approximate surface area is 77.7 Å². The van der Waals surface area contributed by atoms with E-state index >= 15 is 0 Å². The van der Waals surface area contributed by atoms with E-state index in [1.54, 1.807) is 6.92 Å². The first-order valence-corrected chi connectivity index (χ1v) is 4.28. The van der Waals surface area contributed by atoms with Gasteiger partial charge in [-0.15, -0.1) is 0 Å². The Morgan fingerprint density at radius 3 is 2.77 bits per heavy atom. The van der Waals surface area contributed by atoms with Crippen molar-refractivity contribution < 1.29 is 14.6 Å². The molecule has 72 valence electrons. The van der Waals surface area contributed by atoms with Crippen LogP contribution < -0.4 is 0 Å². The van der Waals surface area contributed by atoms with Crippen molar-refractivity contribution >= 4 is 5.97 Å². The second kappa shape index (κ2) is 3.64. The molecule has 0 aromatic rings. The summed E-state index contributed by atoms with van der Waals surface area (Å²) in [6, 6.07) is 0. The molecule has 1 N–H and O–H groups in total. The Bertz CT molecular complexity index is 287. The van der Waals surface area contributed by atoms with Crippen molar-refractivity contribution in [2.45, 2.75) is 33.3 Å². The fraction of sp³-hybridized carbons (Fsp3) is 0.500. The zero-order valence-electron chi connectivity index (χ0n) is 8.13. The average molecular weight is 182 g/mol. The predicted molar refractivity (Wildman–Crippen MR) is 49.3 cm³/mol. The van der Waals surface area contributed by atoms with E-state index in [1.807, 2.05) is 19.9 Å². The lowest BCUT2D eigenvalue weighted by Gasteiger charge is -2.23. The monoisotopic (exact) mass is 182 g/mol. The number of carbonyl (C=O) groups is 1. The Kier molecular flexibility index (Phi) is 2.76. The molecule has 1 aliphatic rings. The van der Waals surface area contributed by atoms with Crippen LogP contribution in [0.2, 0.25) is 0 Å². The van der Waals surface area contributed by atoms with Crippen LogP contribution in [0.15, 0.2) is 23.0 Å². The van der Waals surface area contributed by atoms with Crippen LogP contribution in [0.5, 0.6) is 0 Å². The van der Waals surface area contributed by atoms with Gasteiger partial charge in [-0.3, -0.25) is 0 Å². The first kappa shape index (κ1) is 9.84. The highest BCUT2D eigenvalue weighted by Crippen LogP contribution is 2.23. The van der Waals surface area contributed by atoms with Gasteiger partial charge in [-0.25, -0.2) is 4.79 Å². The van der Waals surface area contributed by atoms with Gasteiger partial charge < -0.3 is 9.84 Å². The second-order valence-corrected chi connectivity index (χ2v) is 3.20. The molecule has 0 aromatic carbocycles. The standard InChI is InChI=1S/C10H14O3/c1-4-6(2)9-5-8(11)7(3)10(12)13-9/h4,9,11H,5H2,1-3H3. The van der Waals surface area contributed by atoms with Crippen molar-refractivity contribution in [1.29, 1.82) is 0 Å². The molecule has 1 atom stereocenters. The van der Waals surface area contributed by atoms with E-state index in [4.69, 9.17) is 4.74 Å². The highest BCUT2D eigenvalue weighted by molar-refractivity contribution is 5.89. The zero-order valence-corrected chi connectivity index (χ0v) is 8.13. The summed E-state index contributed by atoms with van der Waals surface area (Å²) in [6.07, 6.45) is 1.99. The summed E-state index contributed by atoms with van der Waals surface area (Å²) in [6.45, 7) is 5.33. The first-order valence-electron chi connectivity index (χ1n) is 4.28. The van der Waals surface area contributed by atoms with Crippen LogP contribution in [0.1, 0.15) is 27.2 Å². The molecule has 0 bridgehead atoms. The van der Waals surface area contributed by atoms with Crippen molar-refractivity contribution in [2.75, 3.05) is 0 Å². The number of hydrogen-bond acceptors (Lipinski definition) is 3. The van der Waals surface area contributed by atoms with Crippen LogP contribution in [0.25, 0.3) is 0 Å². The van der Waals surface area contributed by atoms with Gasteiger partial charge in [0.05, 0.1) is 5.57 Å². The quantitative estimate of drug-likeness (QED) is 0.499. The Morgan fingerprint density at radius 2 is 2.31 bits per heavy atom. The van der Waals surface area contributed by atoms with Crippen LogP contribution >= 0.6 is 0 Å². The molecule has 0 saturated carbocycles. The van der Waals surface area contributed by atoms with Gasteiger partial charge in [-0.2, -0.15) is 0 Å². The number of aliphatic hydroxyl groups excluding tert-OH is 1. The van der Waals surface area contributed by atoms with Crippen LogP contribution in [-0.4, -0.2) is 17.2 Å². The number of allylic oxidation sites excluding steroid dienone is 1. The number of rotatable bonds is 1. The third-order valence-electron chi connectivity index (χ3n) is 2.33. The molecular formula is C10H14O3. The number of ether oxygens (including phenoxy) is 1. The summed E-state index contributed by atoms with van der Waals surface area (Å²) < 4.78 is 5.10. The molecule has 1 rings (SSSR count). The maximum atomic E-state index is 11.2. The van der Waals surface area contributed by atoms with E-state index in [0.717, 1.165) is 5.57 Å². The average Bonchev–Trinajstić information content (AvgIpc) is 2.12. The maximum absolute atomic E-state index is 11.2. The summed E-state index contributed by atoms with van der Waals surface area (Å²) in [5, 5.41) is 9.41. The molecule has 0 saturated heterocycles. The van der Waals surface area contributed by atoms with Gasteiger partial charge in [0.25, 0.3) is 0 Å². The Morgan fingerprint density at radius 1 is 1.69 bits per heavy atom. The third-order valence-corrected chi connectivity index (χ3v) is 2.33. The highest BCUT2D eigenvalue weighted by Gasteiger charge is 2.26. The molecule has 0 aliphatic carbocycles. The summed E-state index contributed by atoms with van der Waals surface area (Å²) in [5.41, 5.74) is 1.28. The number of hydrogen-bond donors (Lipinski definition) is 1. The zero-order chi connectivity index (χ0) is 10.0.